The molecule has 0 aliphatic heterocycles. The van der Waals surface area contributed by atoms with Crippen molar-refractivity contribution in [2.24, 2.45) is 7.05 Å². The zero-order valence-corrected chi connectivity index (χ0v) is 13.8. The number of nitrogens with one attached hydrogen (secondary N) is 2. The smallest absolute Gasteiger partial charge is 0.337 e. The van der Waals surface area contributed by atoms with Crippen LogP contribution in [0.2, 0.25) is 0 Å². The summed E-state index contributed by atoms with van der Waals surface area (Å²) in [5.41, 5.74) is 2.09. The molecule has 0 bridgehead atoms. The fourth-order valence-electron chi connectivity index (χ4n) is 3.13. The molecule has 1 aromatic heterocycles. The van der Waals surface area contributed by atoms with E-state index in [0.717, 1.165) is 12.8 Å². The molecule has 0 spiro atoms. The zero-order chi connectivity index (χ0) is 16.4. The highest BCUT2D eigenvalue weighted by molar-refractivity contribution is 7.80. The van der Waals surface area contributed by atoms with Gasteiger partial charge in [0.1, 0.15) is 0 Å². The van der Waals surface area contributed by atoms with Crippen LogP contribution in [0.1, 0.15) is 42.5 Å². The summed E-state index contributed by atoms with van der Waals surface area (Å²) in [6, 6.07) is 3.82. The van der Waals surface area contributed by atoms with Crippen LogP contribution < -0.4 is 10.6 Å². The van der Waals surface area contributed by atoms with E-state index in [9.17, 15) is 9.90 Å². The van der Waals surface area contributed by atoms with Crippen molar-refractivity contribution < 1.29 is 9.90 Å². The molecule has 0 saturated heterocycles. The van der Waals surface area contributed by atoms with E-state index in [1.54, 1.807) is 24.0 Å². The lowest BCUT2D eigenvalue weighted by atomic mass is 9.96. The van der Waals surface area contributed by atoms with Crippen LogP contribution in [-0.2, 0) is 7.05 Å². The first-order valence-corrected chi connectivity index (χ1v) is 8.21. The zero-order valence-electron chi connectivity index (χ0n) is 13.0. The third kappa shape index (κ3) is 3.44. The summed E-state index contributed by atoms with van der Waals surface area (Å²) < 4.78 is 1.71. The lowest BCUT2D eigenvalue weighted by Crippen LogP contribution is -2.38. The van der Waals surface area contributed by atoms with Crippen LogP contribution in [0, 0.1) is 0 Å². The third-order valence-corrected chi connectivity index (χ3v) is 4.46. The summed E-state index contributed by atoms with van der Waals surface area (Å²) in [5, 5.41) is 16.4. The van der Waals surface area contributed by atoms with Crippen LogP contribution in [-0.4, -0.2) is 31.8 Å². The van der Waals surface area contributed by atoms with Crippen LogP contribution in [0.3, 0.4) is 0 Å². The Bertz CT molecular complexity index is 750. The number of anilines is 1. The summed E-state index contributed by atoms with van der Waals surface area (Å²) in [4.78, 5) is 15.7. The van der Waals surface area contributed by atoms with Gasteiger partial charge >= 0.3 is 5.97 Å². The average molecular weight is 332 g/mol. The number of thiocarbonyl (C=S) groups is 1. The van der Waals surface area contributed by atoms with Gasteiger partial charge in [0.25, 0.3) is 0 Å². The van der Waals surface area contributed by atoms with Crippen LogP contribution >= 0.6 is 12.2 Å². The van der Waals surface area contributed by atoms with E-state index < -0.39 is 5.97 Å². The molecule has 1 fully saturated rings. The van der Waals surface area contributed by atoms with Crippen LogP contribution in [0.5, 0.6) is 0 Å². The number of carboxylic acid groups (broad SMARTS) is 1. The topological polar surface area (TPSA) is 79.2 Å². The van der Waals surface area contributed by atoms with Crippen LogP contribution in [0.4, 0.5) is 5.69 Å². The Morgan fingerprint density at radius 3 is 2.78 bits per heavy atom. The minimum absolute atomic E-state index is 0.213. The predicted octanol–water partition coefficient (Wildman–Crippen LogP) is 2.89. The fraction of sp³-hybridized carbons (Fsp3) is 0.438. The number of hydrogen-bond donors (Lipinski definition) is 3. The molecule has 122 valence electrons. The number of carboxylic acids is 1. The van der Waals surface area contributed by atoms with Gasteiger partial charge in [0.05, 0.1) is 22.9 Å². The largest absolute Gasteiger partial charge is 0.478 e. The number of rotatable bonds is 3. The normalized spacial score (nSPS) is 15.5. The van der Waals surface area contributed by atoms with Gasteiger partial charge in [0.15, 0.2) is 5.11 Å². The van der Waals surface area contributed by atoms with Gasteiger partial charge in [-0.2, -0.15) is 0 Å². The summed E-state index contributed by atoms with van der Waals surface area (Å²) in [6.45, 7) is 0. The van der Waals surface area contributed by atoms with E-state index in [2.05, 4.69) is 15.6 Å². The quantitative estimate of drug-likeness (QED) is 0.750. The standard InChI is InChI=1S/C16H20N4O2S/c1-20-9-17-13-8-11(7-12(14(13)20)15(21)22)19-16(23)18-10-5-3-2-4-6-10/h7-10H,2-6H2,1H3,(H,21,22)(H2,18,19,23). The van der Waals surface area contributed by atoms with Crippen molar-refractivity contribution in [3.05, 3.63) is 24.0 Å². The van der Waals surface area contributed by atoms with Gasteiger partial charge in [-0.25, -0.2) is 9.78 Å². The lowest BCUT2D eigenvalue weighted by molar-refractivity contribution is 0.0698. The fourth-order valence-corrected chi connectivity index (χ4v) is 3.41. The summed E-state index contributed by atoms with van der Waals surface area (Å²) in [6.07, 6.45) is 7.60. The molecule has 3 rings (SSSR count). The maximum Gasteiger partial charge on any atom is 0.337 e. The van der Waals surface area contributed by atoms with E-state index >= 15 is 0 Å². The number of carbonyl (C=O) groups is 1. The first kappa shape index (κ1) is 15.7. The highest BCUT2D eigenvalue weighted by atomic mass is 32.1. The van der Waals surface area contributed by atoms with Crippen molar-refractivity contribution in [3.8, 4) is 0 Å². The maximum atomic E-state index is 11.5. The van der Waals surface area contributed by atoms with Gasteiger partial charge in [0, 0.05) is 18.8 Å². The number of aryl methyl sites for hydroxylation is 1. The molecular weight excluding hydrogens is 312 g/mol. The van der Waals surface area contributed by atoms with Crippen LogP contribution in [0.15, 0.2) is 18.5 Å². The van der Waals surface area contributed by atoms with Gasteiger partial charge in [-0.15, -0.1) is 0 Å². The van der Waals surface area contributed by atoms with Gasteiger partial charge < -0.3 is 20.3 Å². The second-order valence-electron chi connectivity index (χ2n) is 5.99. The SMILES string of the molecule is Cn1cnc2cc(NC(=S)NC3CCCCC3)cc(C(=O)O)c21. The van der Waals surface area contributed by atoms with Gasteiger partial charge in [-0.05, 0) is 37.2 Å². The van der Waals surface area contributed by atoms with Gasteiger partial charge in [-0.1, -0.05) is 19.3 Å². The number of imidazole rings is 1. The minimum atomic E-state index is -0.978. The number of aromatic nitrogens is 2. The van der Waals surface area contributed by atoms with Crippen molar-refractivity contribution in [2.75, 3.05) is 5.32 Å². The Morgan fingerprint density at radius 2 is 2.09 bits per heavy atom. The lowest BCUT2D eigenvalue weighted by Gasteiger charge is -2.24. The number of aromatic carboxylic acids is 1. The molecule has 3 N–H and O–H groups in total. The van der Waals surface area contributed by atoms with Gasteiger partial charge in [-0.3, -0.25) is 0 Å². The van der Waals surface area contributed by atoms with Crippen molar-refractivity contribution in [2.45, 2.75) is 38.1 Å². The second-order valence-corrected chi connectivity index (χ2v) is 6.39. The number of nitrogens with zero attached hydrogens (tertiary/aromatic N) is 2. The monoisotopic (exact) mass is 332 g/mol. The van der Waals surface area contributed by atoms with Crippen molar-refractivity contribution in [1.82, 2.24) is 14.9 Å². The molecule has 1 aliphatic carbocycles. The first-order valence-electron chi connectivity index (χ1n) is 7.80. The highest BCUT2D eigenvalue weighted by Gasteiger charge is 2.17. The molecule has 0 radical (unpaired) electrons. The molecule has 0 unspecified atom stereocenters. The number of fused-ring (bicyclic) bond motifs is 1. The van der Waals surface area contributed by atoms with E-state index in [1.165, 1.54) is 19.3 Å². The molecule has 1 heterocycles. The molecule has 0 atom stereocenters. The second kappa shape index (κ2) is 6.54. The van der Waals surface area contributed by atoms with E-state index in [-0.39, 0.29) is 5.56 Å². The maximum absolute atomic E-state index is 11.5. The third-order valence-electron chi connectivity index (χ3n) is 4.24. The van der Waals surface area contributed by atoms with Crippen LogP contribution in [0.25, 0.3) is 11.0 Å². The Hall–Kier alpha value is -2.15. The molecular formula is C16H20N4O2S. The Kier molecular flexibility index (Phi) is 4.47. The number of hydrogen-bond acceptors (Lipinski definition) is 3. The molecule has 1 aromatic carbocycles. The Balaban J connectivity index is 1.79. The molecule has 0 amide bonds. The molecule has 1 aliphatic rings. The molecule has 7 heteroatoms. The molecule has 2 aromatic rings. The number of benzene rings is 1. The van der Waals surface area contributed by atoms with Gasteiger partial charge in [0.2, 0.25) is 0 Å². The molecule has 1 saturated carbocycles. The summed E-state index contributed by atoms with van der Waals surface area (Å²) in [7, 11) is 1.78. The summed E-state index contributed by atoms with van der Waals surface area (Å²) >= 11 is 5.36. The first-order chi connectivity index (χ1) is 11.0. The van der Waals surface area contributed by atoms with Crippen molar-refractivity contribution in [3.63, 3.8) is 0 Å². The van der Waals surface area contributed by atoms with E-state index in [1.807, 2.05) is 6.07 Å². The predicted molar refractivity (Wildman–Crippen MR) is 93.9 cm³/mol. The van der Waals surface area contributed by atoms with Crippen molar-refractivity contribution in [1.29, 1.82) is 0 Å². The van der Waals surface area contributed by atoms with E-state index in [0.29, 0.717) is 27.9 Å². The summed E-state index contributed by atoms with van der Waals surface area (Å²) in [5.74, 6) is -0.978. The Morgan fingerprint density at radius 1 is 1.35 bits per heavy atom. The highest BCUT2D eigenvalue weighted by Crippen LogP contribution is 2.23. The average Bonchev–Trinajstić information content (AvgIpc) is 2.88. The van der Waals surface area contributed by atoms with Crippen molar-refractivity contribution >= 4 is 40.0 Å². The molecule has 6 nitrogen and oxygen atoms in total. The van der Waals surface area contributed by atoms with E-state index in [4.69, 9.17) is 12.2 Å². The minimum Gasteiger partial charge on any atom is -0.478 e. The Labute approximate surface area is 139 Å². The molecule has 23 heavy (non-hydrogen) atoms.